The highest BCUT2D eigenvalue weighted by Crippen LogP contribution is 2.18. The molecule has 2 rings (SSSR count). The molecule has 1 fully saturated rings. The summed E-state index contributed by atoms with van der Waals surface area (Å²) in [5.41, 5.74) is 8.07. The van der Waals surface area contributed by atoms with Gasteiger partial charge in [0.2, 0.25) is 0 Å². The highest BCUT2D eigenvalue weighted by atomic mass is 127. The fourth-order valence-corrected chi connectivity index (χ4v) is 2.51. The van der Waals surface area contributed by atoms with E-state index in [4.69, 9.17) is 10.5 Å². The highest BCUT2D eigenvalue weighted by Gasteiger charge is 2.14. The molecule has 6 nitrogen and oxygen atoms in total. The number of β-amino-alcohol motifs (C(OH)–C–C–N with tert-alkyl or cyclic N) is 1. The average Bonchev–Trinajstić information content (AvgIpc) is 2.54. The predicted molar refractivity (Wildman–Crippen MR) is 109 cm³/mol. The van der Waals surface area contributed by atoms with Crippen molar-refractivity contribution in [2.24, 2.45) is 10.7 Å². The van der Waals surface area contributed by atoms with Gasteiger partial charge in [-0.2, -0.15) is 0 Å². The van der Waals surface area contributed by atoms with Crippen molar-refractivity contribution in [1.82, 2.24) is 4.90 Å². The van der Waals surface area contributed by atoms with Crippen LogP contribution < -0.4 is 11.1 Å². The molecular weight excluding hydrogens is 419 g/mol. The van der Waals surface area contributed by atoms with Crippen LogP contribution in [0.1, 0.15) is 25.3 Å². The van der Waals surface area contributed by atoms with Crippen LogP contribution in [0.5, 0.6) is 0 Å². The number of guanidine groups is 1. The minimum atomic E-state index is -0.518. The molecule has 0 spiro atoms. The number of nitrogens with two attached hydrogens (primary N) is 1. The molecule has 1 saturated heterocycles. The normalized spacial score (nSPS) is 17.4. The van der Waals surface area contributed by atoms with Gasteiger partial charge in [-0.25, -0.2) is 0 Å². The Labute approximate surface area is 161 Å². The van der Waals surface area contributed by atoms with Crippen LogP contribution in [0.4, 0.5) is 5.69 Å². The van der Waals surface area contributed by atoms with E-state index in [1.54, 1.807) is 0 Å². The topological polar surface area (TPSA) is 83.1 Å². The maximum Gasteiger partial charge on any atom is 0.193 e. The molecule has 1 atom stereocenters. The molecule has 1 aliphatic heterocycles. The van der Waals surface area contributed by atoms with E-state index in [9.17, 15) is 5.11 Å². The number of benzene rings is 1. The van der Waals surface area contributed by atoms with Crippen molar-refractivity contribution >= 4 is 35.6 Å². The molecule has 24 heavy (non-hydrogen) atoms. The van der Waals surface area contributed by atoms with E-state index < -0.39 is 6.10 Å². The molecule has 1 aromatic carbocycles. The lowest BCUT2D eigenvalue weighted by molar-refractivity contribution is 0.0165. The van der Waals surface area contributed by atoms with Gasteiger partial charge in [-0.15, -0.1) is 24.0 Å². The monoisotopic (exact) mass is 448 g/mol. The second kappa shape index (κ2) is 10.9. The smallest absolute Gasteiger partial charge is 0.193 e. The molecular formula is C17H29IN4O2. The maximum atomic E-state index is 10.1. The van der Waals surface area contributed by atoms with Crippen LogP contribution in [-0.2, 0) is 4.74 Å². The summed E-state index contributed by atoms with van der Waals surface area (Å²) in [7, 11) is 0. The van der Waals surface area contributed by atoms with Crippen molar-refractivity contribution in [2.75, 3.05) is 44.7 Å². The first kappa shape index (κ1) is 21.1. The number of nitrogens with one attached hydrogen (secondary N) is 1. The van der Waals surface area contributed by atoms with Crippen LogP contribution in [0.25, 0.3) is 0 Å². The van der Waals surface area contributed by atoms with Gasteiger partial charge in [-0.1, -0.05) is 26.0 Å². The van der Waals surface area contributed by atoms with Gasteiger partial charge in [0, 0.05) is 25.3 Å². The van der Waals surface area contributed by atoms with Crippen molar-refractivity contribution in [2.45, 2.75) is 25.9 Å². The summed E-state index contributed by atoms with van der Waals surface area (Å²) in [5, 5.41) is 13.1. The molecule has 1 heterocycles. The van der Waals surface area contributed by atoms with Crippen LogP contribution in [-0.4, -0.2) is 61.5 Å². The van der Waals surface area contributed by atoms with E-state index in [-0.39, 0.29) is 24.0 Å². The fourth-order valence-electron chi connectivity index (χ4n) is 2.51. The number of anilines is 1. The Morgan fingerprint density at radius 1 is 1.38 bits per heavy atom. The molecule has 1 aromatic rings. The van der Waals surface area contributed by atoms with Gasteiger partial charge in [0.05, 0.1) is 25.9 Å². The SMILES string of the molecule is CC(C)c1cccc(NC(N)=NCC(O)CN2CCOCC2)c1.I. The summed E-state index contributed by atoms with van der Waals surface area (Å²) in [6, 6.07) is 8.11. The zero-order chi connectivity index (χ0) is 16.7. The van der Waals surface area contributed by atoms with Crippen LogP contribution >= 0.6 is 24.0 Å². The summed E-state index contributed by atoms with van der Waals surface area (Å²) < 4.78 is 5.29. The Balaban J connectivity index is 0.00000288. The molecule has 0 radical (unpaired) electrons. The van der Waals surface area contributed by atoms with Gasteiger partial charge in [0.1, 0.15) is 0 Å². The van der Waals surface area contributed by atoms with E-state index in [0.717, 1.165) is 32.0 Å². The van der Waals surface area contributed by atoms with Crippen LogP contribution in [0.15, 0.2) is 29.3 Å². The van der Waals surface area contributed by atoms with E-state index in [0.29, 0.717) is 25.0 Å². The number of morpholine rings is 1. The van der Waals surface area contributed by atoms with Crippen LogP contribution in [0.2, 0.25) is 0 Å². The molecule has 1 aliphatic rings. The summed E-state index contributed by atoms with van der Waals surface area (Å²) in [4.78, 5) is 6.41. The van der Waals surface area contributed by atoms with Gasteiger partial charge in [-0.3, -0.25) is 9.89 Å². The van der Waals surface area contributed by atoms with Crippen LogP contribution in [0.3, 0.4) is 0 Å². The summed E-state index contributed by atoms with van der Waals surface area (Å²) in [6.45, 7) is 8.37. The zero-order valence-corrected chi connectivity index (χ0v) is 16.8. The lowest BCUT2D eigenvalue weighted by atomic mass is 10.0. The number of aliphatic hydroxyl groups is 1. The Kier molecular flexibility index (Phi) is 9.57. The minimum Gasteiger partial charge on any atom is -0.390 e. The first-order valence-electron chi connectivity index (χ1n) is 8.19. The highest BCUT2D eigenvalue weighted by molar-refractivity contribution is 14.0. The molecule has 136 valence electrons. The summed E-state index contributed by atoms with van der Waals surface area (Å²) in [5.74, 6) is 0.789. The summed E-state index contributed by atoms with van der Waals surface area (Å²) in [6.07, 6.45) is -0.518. The second-order valence-electron chi connectivity index (χ2n) is 6.20. The number of rotatable bonds is 6. The first-order chi connectivity index (χ1) is 11.0. The van der Waals surface area contributed by atoms with Gasteiger partial charge in [-0.05, 0) is 23.6 Å². The Morgan fingerprint density at radius 2 is 2.08 bits per heavy atom. The molecule has 0 aliphatic carbocycles. The molecule has 0 bridgehead atoms. The van der Waals surface area contributed by atoms with Crippen LogP contribution in [0, 0.1) is 0 Å². The number of hydrogen-bond acceptors (Lipinski definition) is 4. The molecule has 1 unspecified atom stereocenters. The van der Waals surface area contributed by atoms with Gasteiger partial charge < -0.3 is 20.9 Å². The molecule has 4 N–H and O–H groups in total. The largest absolute Gasteiger partial charge is 0.390 e. The Morgan fingerprint density at radius 3 is 2.75 bits per heavy atom. The Hall–Kier alpha value is -0.900. The van der Waals surface area contributed by atoms with Crippen molar-refractivity contribution in [3.8, 4) is 0 Å². The number of aliphatic imine (C=N–C) groups is 1. The van der Waals surface area contributed by atoms with E-state index in [1.165, 1.54) is 5.56 Å². The van der Waals surface area contributed by atoms with Gasteiger partial charge >= 0.3 is 0 Å². The number of halogens is 1. The van der Waals surface area contributed by atoms with Crippen molar-refractivity contribution in [3.63, 3.8) is 0 Å². The molecule has 0 saturated carbocycles. The quantitative estimate of drug-likeness (QED) is 0.352. The second-order valence-corrected chi connectivity index (χ2v) is 6.20. The summed E-state index contributed by atoms with van der Waals surface area (Å²) >= 11 is 0. The fraction of sp³-hybridized carbons (Fsp3) is 0.588. The molecule has 0 amide bonds. The lowest BCUT2D eigenvalue weighted by Gasteiger charge is -2.28. The van der Waals surface area contributed by atoms with E-state index >= 15 is 0 Å². The third-order valence-electron chi connectivity index (χ3n) is 3.87. The maximum absolute atomic E-state index is 10.1. The lowest BCUT2D eigenvalue weighted by Crippen LogP contribution is -2.42. The third-order valence-corrected chi connectivity index (χ3v) is 3.87. The number of nitrogens with zero attached hydrogens (tertiary/aromatic N) is 2. The first-order valence-corrected chi connectivity index (χ1v) is 8.19. The predicted octanol–water partition coefficient (Wildman–Crippen LogP) is 1.85. The van der Waals surface area contributed by atoms with E-state index in [1.807, 2.05) is 12.1 Å². The van der Waals surface area contributed by atoms with Crippen molar-refractivity contribution in [1.29, 1.82) is 0 Å². The Bertz CT molecular complexity index is 519. The zero-order valence-electron chi connectivity index (χ0n) is 14.4. The third kappa shape index (κ3) is 7.33. The number of hydrogen-bond donors (Lipinski definition) is 3. The van der Waals surface area contributed by atoms with Gasteiger partial charge in [0.25, 0.3) is 0 Å². The molecule has 7 heteroatoms. The standard InChI is InChI=1S/C17H28N4O2.HI/c1-13(2)14-4-3-5-15(10-14)20-17(18)19-11-16(22)12-21-6-8-23-9-7-21;/h3-5,10,13,16,22H,6-9,11-12H2,1-2H3,(H3,18,19,20);1H. The number of ether oxygens (including phenoxy) is 1. The average molecular weight is 448 g/mol. The van der Waals surface area contributed by atoms with Gasteiger partial charge in [0.15, 0.2) is 5.96 Å². The number of aliphatic hydroxyl groups excluding tert-OH is 1. The van der Waals surface area contributed by atoms with Crippen molar-refractivity contribution in [3.05, 3.63) is 29.8 Å². The molecule has 0 aromatic heterocycles. The van der Waals surface area contributed by atoms with Crippen molar-refractivity contribution < 1.29 is 9.84 Å². The van der Waals surface area contributed by atoms with E-state index in [2.05, 4.69) is 41.2 Å². The minimum absolute atomic E-state index is 0.